The van der Waals surface area contributed by atoms with Crippen LogP contribution in [-0.4, -0.2) is 50.9 Å². The number of methoxy groups -OCH3 is 1. The molecular weight excluding hydrogens is 456 g/mol. The minimum atomic E-state index is -0.230. The predicted molar refractivity (Wildman–Crippen MR) is 127 cm³/mol. The summed E-state index contributed by atoms with van der Waals surface area (Å²) in [5, 5.41) is 0. The highest BCUT2D eigenvalue weighted by Gasteiger charge is 2.29. The number of cyclic esters (lactones) is 1. The second-order valence-corrected chi connectivity index (χ2v) is 9.48. The zero-order valence-corrected chi connectivity index (χ0v) is 19.7. The molecule has 0 N–H and O–H groups in total. The number of halogens is 1. The van der Waals surface area contributed by atoms with Crippen molar-refractivity contribution in [2.75, 3.05) is 44.8 Å². The van der Waals surface area contributed by atoms with E-state index >= 15 is 0 Å². The Bertz CT molecular complexity index is 868. The molecule has 2 heterocycles. The highest BCUT2D eigenvalue weighted by atomic mass is 79.9. The van der Waals surface area contributed by atoms with Crippen LogP contribution >= 0.6 is 15.9 Å². The fraction of sp³-hybridized carbons (Fsp3) is 0.480. The van der Waals surface area contributed by atoms with E-state index < -0.39 is 0 Å². The molecule has 2 aromatic carbocycles. The molecule has 2 aliphatic rings. The topological polar surface area (TPSA) is 42.0 Å². The van der Waals surface area contributed by atoms with Gasteiger partial charge in [-0.15, -0.1) is 0 Å². The number of para-hydroxylation sites is 1. The van der Waals surface area contributed by atoms with E-state index in [1.54, 1.807) is 12.0 Å². The smallest absolute Gasteiger partial charge is 0.414 e. The maximum Gasteiger partial charge on any atom is 0.414 e. The maximum atomic E-state index is 12.2. The van der Waals surface area contributed by atoms with Gasteiger partial charge in [-0.3, -0.25) is 4.90 Å². The van der Waals surface area contributed by atoms with Crippen LogP contribution in [0.4, 0.5) is 10.5 Å². The first-order valence-corrected chi connectivity index (χ1v) is 12.0. The Morgan fingerprint density at radius 2 is 1.87 bits per heavy atom. The second-order valence-electron chi connectivity index (χ2n) is 8.62. The average Bonchev–Trinajstić information content (AvgIpc) is 2.81. The molecule has 1 amide bonds. The second kappa shape index (κ2) is 10.5. The van der Waals surface area contributed by atoms with Gasteiger partial charge >= 0.3 is 6.09 Å². The van der Waals surface area contributed by atoms with Crippen molar-refractivity contribution in [3.05, 3.63) is 58.6 Å². The van der Waals surface area contributed by atoms with Gasteiger partial charge in [0, 0.05) is 22.6 Å². The van der Waals surface area contributed by atoms with Crippen molar-refractivity contribution in [1.82, 2.24) is 4.90 Å². The molecule has 31 heavy (non-hydrogen) atoms. The molecular formula is C25H31BrN2O3. The summed E-state index contributed by atoms with van der Waals surface area (Å²) < 4.78 is 12.0. The van der Waals surface area contributed by atoms with Gasteiger partial charge in [0.05, 0.1) is 13.7 Å². The van der Waals surface area contributed by atoms with Crippen molar-refractivity contribution in [3.63, 3.8) is 0 Å². The molecule has 4 rings (SSSR count). The maximum absolute atomic E-state index is 12.2. The molecule has 0 radical (unpaired) electrons. The number of benzene rings is 2. The van der Waals surface area contributed by atoms with E-state index in [2.05, 4.69) is 33.0 Å². The summed E-state index contributed by atoms with van der Waals surface area (Å²) in [7, 11) is 1.72. The largest absolute Gasteiger partial charge is 0.497 e. The third-order valence-corrected chi connectivity index (χ3v) is 7.27. The van der Waals surface area contributed by atoms with E-state index in [1.165, 1.54) is 22.9 Å². The minimum Gasteiger partial charge on any atom is -0.497 e. The van der Waals surface area contributed by atoms with Gasteiger partial charge in [0.2, 0.25) is 0 Å². The Morgan fingerprint density at radius 1 is 1.10 bits per heavy atom. The Morgan fingerprint density at radius 3 is 2.61 bits per heavy atom. The number of carbonyl (C=O) groups excluding carboxylic acids is 1. The van der Waals surface area contributed by atoms with Crippen molar-refractivity contribution in [3.8, 4) is 5.75 Å². The lowest BCUT2D eigenvalue weighted by Crippen LogP contribution is -2.44. The van der Waals surface area contributed by atoms with Crippen LogP contribution in [0.3, 0.4) is 0 Å². The number of nitrogens with zero attached hydrogens (tertiary/aromatic N) is 2. The lowest BCUT2D eigenvalue weighted by molar-refractivity contribution is 0.103. The molecule has 166 valence electrons. The van der Waals surface area contributed by atoms with Gasteiger partial charge < -0.3 is 14.4 Å². The third-order valence-electron chi connectivity index (χ3n) is 6.49. The van der Waals surface area contributed by atoms with Crippen molar-refractivity contribution < 1.29 is 14.3 Å². The first-order valence-electron chi connectivity index (χ1n) is 11.2. The summed E-state index contributed by atoms with van der Waals surface area (Å²) in [5.41, 5.74) is 2.25. The average molecular weight is 487 g/mol. The number of rotatable bonds is 7. The van der Waals surface area contributed by atoms with Crippen LogP contribution in [-0.2, 0) is 11.2 Å². The molecule has 0 bridgehead atoms. The Balaban J connectivity index is 1.23. The SMILES string of the molecule is COc1ccc(Br)c(CC2CCN(CCC3COC(=O)N(c4ccccc4)C3)CC2)c1. The lowest BCUT2D eigenvalue weighted by atomic mass is 9.90. The summed E-state index contributed by atoms with van der Waals surface area (Å²) in [4.78, 5) is 16.5. The first-order chi connectivity index (χ1) is 15.1. The fourth-order valence-electron chi connectivity index (χ4n) is 4.57. The summed E-state index contributed by atoms with van der Waals surface area (Å²) in [5.74, 6) is 2.01. The number of hydrogen-bond acceptors (Lipinski definition) is 4. The van der Waals surface area contributed by atoms with Crippen LogP contribution in [0.5, 0.6) is 5.75 Å². The first kappa shape index (κ1) is 22.2. The number of anilines is 1. The molecule has 0 aromatic heterocycles. The molecule has 2 fully saturated rings. The standard InChI is InChI=1S/C25H31BrN2O3/c1-30-23-7-8-24(26)21(16-23)15-19-9-12-27(13-10-19)14-11-20-17-28(25(29)31-18-20)22-5-3-2-4-6-22/h2-8,16,19-20H,9-15,17-18H2,1H3. The predicted octanol–water partition coefficient (Wildman–Crippen LogP) is 5.38. The van der Waals surface area contributed by atoms with Crippen molar-refractivity contribution in [1.29, 1.82) is 0 Å². The van der Waals surface area contributed by atoms with Gasteiger partial charge in [0.1, 0.15) is 5.75 Å². The summed E-state index contributed by atoms with van der Waals surface area (Å²) in [6.07, 6.45) is 4.37. The van der Waals surface area contributed by atoms with Gasteiger partial charge in [0.25, 0.3) is 0 Å². The van der Waals surface area contributed by atoms with Crippen LogP contribution in [0.25, 0.3) is 0 Å². The van der Waals surface area contributed by atoms with E-state index in [9.17, 15) is 4.79 Å². The van der Waals surface area contributed by atoms with Gasteiger partial charge in [-0.25, -0.2) is 4.79 Å². The molecule has 6 heteroatoms. The monoisotopic (exact) mass is 486 g/mol. The number of ether oxygens (including phenoxy) is 2. The minimum absolute atomic E-state index is 0.230. The molecule has 5 nitrogen and oxygen atoms in total. The normalized spacial score (nSPS) is 20.5. The molecule has 2 aromatic rings. The number of likely N-dealkylation sites (tertiary alicyclic amines) is 1. The van der Waals surface area contributed by atoms with Crippen LogP contribution in [0.15, 0.2) is 53.0 Å². The zero-order valence-electron chi connectivity index (χ0n) is 18.1. The molecule has 2 aliphatic heterocycles. The van der Waals surface area contributed by atoms with Crippen LogP contribution in [0.2, 0.25) is 0 Å². The molecule has 0 aliphatic carbocycles. The van der Waals surface area contributed by atoms with Crippen LogP contribution in [0, 0.1) is 11.8 Å². The number of carbonyl (C=O) groups is 1. The summed E-state index contributed by atoms with van der Waals surface area (Å²) >= 11 is 3.69. The molecule has 1 atom stereocenters. The highest BCUT2D eigenvalue weighted by Crippen LogP contribution is 2.29. The van der Waals surface area contributed by atoms with Crippen molar-refractivity contribution in [2.24, 2.45) is 11.8 Å². The zero-order chi connectivity index (χ0) is 21.6. The summed E-state index contributed by atoms with van der Waals surface area (Å²) in [6.45, 7) is 4.62. The van der Waals surface area contributed by atoms with Gasteiger partial charge in [-0.2, -0.15) is 0 Å². The quantitative estimate of drug-likeness (QED) is 0.526. The molecule has 1 unspecified atom stereocenters. The lowest BCUT2D eigenvalue weighted by Gasteiger charge is -2.35. The Kier molecular flexibility index (Phi) is 7.51. The van der Waals surface area contributed by atoms with Crippen molar-refractivity contribution in [2.45, 2.75) is 25.7 Å². The number of piperidine rings is 1. The van der Waals surface area contributed by atoms with E-state index in [4.69, 9.17) is 9.47 Å². The van der Waals surface area contributed by atoms with Crippen LogP contribution < -0.4 is 9.64 Å². The third kappa shape index (κ3) is 5.80. The summed E-state index contributed by atoms with van der Waals surface area (Å²) in [6, 6.07) is 16.0. The van der Waals surface area contributed by atoms with Gasteiger partial charge in [0.15, 0.2) is 0 Å². The van der Waals surface area contributed by atoms with E-state index in [1.807, 2.05) is 36.4 Å². The van der Waals surface area contributed by atoms with Crippen molar-refractivity contribution >= 4 is 27.7 Å². The molecule has 2 saturated heterocycles. The van der Waals surface area contributed by atoms with Crippen LogP contribution in [0.1, 0.15) is 24.8 Å². The Labute approximate surface area is 193 Å². The van der Waals surface area contributed by atoms with E-state index in [-0.39, 0.29) is 6.09 Å². The number of amides is 1. The van der Waals surface area contributed by atoms with Gasteiger partial charge in [-0.1, -0.05) is 34.1 Å². The van der Waals surface area contributed by atoms with E-state index in [0.717, 1.165) is 50.5 Å². The molecule has 0 spiro atoms. The highest BCUT2D eigenvalue weighted by molar-refractivity contribution is 9.10. The Hall–Kier alpha value is -2.05. The van der Waals surface area contributed by atoms with E-state index in [0.29, 0.717) is 18.4 Å². The number of hydrogen-bond donors (Lipinski definition) is 0. The molecule has 0 saturated carbocycles. The van der Waals surface area contributed by atoms with Gasteiger partial charge in [-0.05, 0) is 87.1 Å². The fourth-order valence-corrected chi connectivity index (χ4v) is 4.98.